The minimum Gasteiger partial charge on any atom is -0.382 e. The van der Waals surface area contributed by atoms with Crippen molar-refractivity contribution in [3.05, 3.63) is 70.7 Å². The van der Waals surface area contributed by atoms with Crippen LogP contribution in [0.1, 0.15) is 17.5 Å². The van der Waals surface area contributed by atoms with E-state index in [9.17, 15) is 5.11 Å². The Bertz CT molecular complexity index is 602. The fourth-order valence-electron chi connectivity index (χ4n) is 2.88. The van der Waals surface area contributed by atoms with E-state index >= 15 is 0 Å². The third-order valence-corrected chi connectivity index (χ3v) is 4.44. The Morgan fingerprint density at radius 3 is 2.59 bits per heavy atom. The normalized spacial score (nSPS) is 25.1. The minimum atomic E-state index is -0.982. The lowest BCUT2D eigenvalue weighted by Gasteiger charge is -2.40. The molecule has 0 saturated carbocycles. The van der Waals surface area contributed by atoms with Crippen LogP contribution in [0.5, 0.6) is 0 Å². The van der Waals surface area contributed by atoms with Crippen LogP contribution in [0.15, 0.2) is 54.6 Å². The van der Waals surface area contributed by atoms with E-state index in [0.29, 0.717) is 24.6 Å². The number of halogens is 1. The monoisotopic (exact) mass is 317 g/mol. The van der Waals surface area contributed by atoms with E-state index in [4.69, 9.17) is 16.3 Å². The second-order valence-corrected chi connectivity index (χ2v) is 6.11. The van der Waals surface area contributed by atoms with Crippen LogP contribution in [0.4, 0.5) is 0 Å². The number of piperidine rings is 1. The summed E-state index contributed by atoms with van der Waals surface area (Å²) in [6.07, 6.45) is 0.330. The van der Waals surface area contributed by atoms with Gasteiger partial charge in [-0.3, -0.25) is 0 Å². The van der Waals surface area contributed by atoms with Crippen LogP contribution in [0.2, 0.25) is 5.02 Å². The van der Waals surface area contributed by atoms with Gasteiger partial charge in [-0.2, -0.15) is 0 Å². The minimum absolute atomic E-state index is 0.289. The van der Waals surface area contributed by atoms with Gasteiger partial charge < -0.3 is 15.2 Å². The summed E-state index contributed by atoms with van der Waals surface area (Å²) in [5.41, 5.74) is 0.980. The van der Waals surface area contributed by atoms with Gasteiger partial charge in [-0.25, -0.2) is 0 Å². The van der Waals surface area contributed by atoms with Crippen molar-refractivity contribution in [1.29, 1.82) is 0 Å². The first-order chi connectivity index (χ1) is 10.7. The van der Waals surface area contributed by atoms with Crippen molar-refractivity contribution in [2.45, 2.75) is 24.7 Å². The summed E-state index contributed by atoms with van der Waals surface area (Å²) in [6.45, 7) is 1.89. The molecule has 1 saturated heterocycles. The highest BCUT2D eigenvalue weighted by Gasteiger charge is 2.41. The Morgan fingerprint density at radius 2 is 1.86 bits per heavy atom. The maximum atomic E-state index is 11.2. The number of aliphatic hydroxyl groups is 1. The predicted octanol–water partition coefficient (Wildman–Crippen LogP) is 3.11. The molecule has 2 atom stereocenters. The second kappa shape index (κ2) is 6.80. The summed E-state index contributed by atoms with van der Waals surface area (Å²) in [5.74, 6) is 0. The zero-order valence-corrected chi connectivity index (χ0v) is 13.1. The molecule has 3 nitrogen and oxygen atoms in total. The number of ether oxygens (including phenoxy) is 1. The molecule has 0 spiro atoms. The molecule has 116 valence electrons. The molecule has 3 rings (SSSR count). The van der Waals surface area contributed by atoms with E-state index in [1.54, 1.807) is 0 Å². The largest absolute Gasteiger partial charge is 0.382 e. The number of hydrogen-bond donors (Lipinski definition) is 2. The summed E-state index contributed by atoms with van der Waals surface area (Å²) in [5, 5.41) is 15.1. The standard InChI is InChI=1S/C18H20ClNO2/c19-16-8-6-15(7-9-16)18(21)10-11-20-12-17(18)22-13-14-4-2-1-3-5-14/h1-9,17,20-21H,10-13H2/t17-,18-/m1/s1. The van der Waals surface area contributed by atoms with E-state index in [-0.39, 0.29) is 6.10 Å². The molecule has 2 aromatic carbocycles. The third-order valence-electron chi connectivity index (χ3n) is 4.18. The van der Waals surface area contributed by atoms with Crippen LogP contribution in [-0.2, 0) is 16.9 Å². The fourth-order valence-corrected chi connectivity index (χ4v) is 3.00. The molecule has 1 heterocycles. The predicted molar refractivity (Wildman–Crippen MR) is 87.9 cm³/mol. The van der Waals surface area contributed by atoms with Crippen molar-refractivity contribution >= 4 is 11.6 Å². The summed E-state index contributed by atoms with van der Waals surface area (Å²) in [4.78, 5) is 0. The molecule has 1 fully saturated rings. The van der Waals surface area contributed by atoms with Crippen molar-refractivity contribution in [1.82, 2.24) is 5.32 Å². The van der Waals surface area contributed by atoms with Crippen LogP contribution in [-0.4, -0.2) is 24.3 Å². The topological polar surface area (TPSA) is 41.5 Å². The summed E-state index contributed by atoms with van der Waals surface area (Å²) in [6, 6.07) is 17.4. The Hall–Kier alpha value is -1.39. The summed E-state index contributed by atoms with van der Waals surface area (Å²) < 4.78 is 6.02. The number of nitrogens with one attached hydrogen (secondary N) is 1. The molecule has 22 heavy (non-hydrogen) atoms. The smallest absolute Gasteiger partial charge is 0.118 e. The van der Waals surface area contributed by atoms with Crippen molar-refractivity contribution in [2.24, 2.45) is 0 Å². The first-order valence-electron chi connectivity index (χ1n) is 7.53. The lowest BCUT2D eigenvalue weighted by molar-refractivity contribution is -0.134. The van der Waals surface area contributed by atoms with Crippen LogP contribution < -0.4 is 5.32 Å². The highest BCUT2D eigenvalue weighted by atomic mass is 35.5. The molecule has 0 radical (unpaired) electrons. The molecule has 0 amide bonds. The number of benzene rings is 2. The van der Waals surface area contributed by atoms with Gasteiger partial charge in [-0.1, -0.05) is 54.1 Å². The van der Waals surface area contributed by atoms with Crippen molar-refractivity contribution < 1.29 is 9.84 Å². The quantitative estimate of drug-likeness (QED) is 0.910. The molecule has 1 aliphatic heterocycles. The van der Waals surface area contributed by atoms with Gasteiger partial charge in [0.25, 0.3) is 0 Å². The molecule has 0 aromatic heterocycles. The zero-order chi connectivity index (χ0) is 15.4. The molecular weight excluding hydrogens is 298 g/mol. The van der Waals surface area contributed by atoms with E-state index in [2.05, 4.69) is 5.32 Å². The average Bonchev–Trinajstić information content (AvgIpc) is 2.55. The fraction of sp³-hybridized carbons (Fsp3) is 0.333. The summed E-state index contributed by atoms with van der Waals surface area (Å²) >= 11 is 5.95. The molecule has 0 unspecified atom stereocenters. The average molecular weight is 318 g/mol. The first kappa shape index (κ1) is 15.5. The molecule has 2 N–H and O–H groups in total. The lowest BCUT2D eigenvalue weighted by atomic mass is 9.82. The van der Waals surface area contributed by atoms with Gasteiger partial charge in [-0.15, -0.1) is 0 Å². The van der Waals surface area contributed by atoms with E-state index in [1.807, 2.05) is 54.6 Å². The molecular formula is C18H20ClNO2. The molecule has 4 heteroatoms. The van der Waals surface area contributed by atoms with Gasteiger partial charge in [0.05, 0.1) is 6.61 Å². The molecule has 0 bridgehead atoms. The summed E-state index contributed by atoms with van der Waals surface area (Å²) in [7, 11) is 0. The highest BCUT2D eigenvalue weighted by molar-refractivity contribution is 6.30. The van der Waals surface area contributed by atoms with Crippen LogP contribution in [0.25, 0.3) is 0 Å². The number of rotatable bonds is 4. The zero-order valence-electron chi connectivity index (χ0n) is 12.3. The second-order valence-electron chi connectivity index (χ2n) is 5.67. The van der Waals surface area contributed by atoms with Gasteiger partial charge in [0.1, 0.15) is 11.7 Å². The SMILES string of the molecule is O[C@@]1(c2ccc(Cl)cc2)CCNC[C@H]1OCc1ccccc1. The van der Waals surface area contributed by atoms with Crippen molar-refractivity contribution in [2.75, 3.05) is 13.1 Å². The maximum Gasteiger partial charge on any atom is 0.118 e. The van der Waals surface area contributed by atoms with Crippen LogP contribution >= 0.6 is 11.6 Å². The van der Waals surface area contributed by atoms with E-state index in [1.165, 1.54) is 0 Å². The van der Waals surface area contributed by atoms with Gasteiger partial charge in [0.15, 0.2) is 0 Å². The Morgan fingerprint density at radius 1 is 1.14 bits per heavy atom. The Balaban J connectivity index is 1.77. The van der Waals surface area contributed by atoms with E-state index in [0.717, 1.165) is 17.7 Å². The Kier molecular flexibility index (Phi) is 4.79. The van der Waals surface area contributed by atoms with Gasteiger partial charge in [-0.05, 0) is 36.2 Å². The maximum absolute atomic E-state index is 11.2. The van der Waals surface area contributed by atoms with Crippen LogP contribution in [0, 0.1) is 0 Å². The lowest BCUT2D eigenvalue weighted by Crippen LogP contribution is -2.53. The molecule has 0 aliphatic carbocycles. The Labute approximate surface area is 135 Å². The molecule has 2 aromatic rings. The number of hydrogen-bond acceptors (Lipinski definition) is 3. The van der Waals surface area contributed by atoms with E-state index < -0.39 is 5.60 Å². The third kappa shape index (κ3) is 3.33. The van der Waals surface area contributed by atoms with Gasteiger partial charge in [0.2, 0.25) is 0 Å². The van der Waals surface area contributed by atoms with Gasteiger partial charge >= 0.3 is 0 Å². The van der Waals surface area contributed by atoms with Crippen LogP contribution in [0.3, 0.4) is 0 Å². The highest BCUT2D eigenvalue weighted by Crippen LogP contribution is 2.33. The molecule has 1 aliphatic rings. The van der Waals surface area contributed by atoms with Crippen molar-refractivity contribution in [3.63, 3.8) is 0 Å². The van der Waals surface area contributed by atoms with Crippen molar-refractivity contribution in [3.8, 4) is 0 Å². The van der Waals surface area contributed by atoms with Gasteiger partial charge in [0, 0.05) is 11.6 Å². The first-order valence-corrected chi connectivity index (χ1v) is 7.91.